The van der Waals surface area contributed by atoms with Gasteiger partial charge in [-0.05, 0) is 31.2 Å². The van der Waals surface area contributed by atoms with Crippen molar-refractivity contribution >= 4 is 11.6 Å². The van der Waals surface area contributed by atoms with Crippen LogP contribution in [0.5, 0.6) is 0 Å². The van der Waals surface area contributed by atoms with Crippen LogP contribution in [0.25, 0.3) is 5.65 Å². The number of fused-ring (bicyclic) bond motifs is 2. The zero-order chi connectivity index (χ0) is 18.5. The highest BCUT2D eigenvalue weighted by molar-refractivity contribution is 5.99. The zero-order valence-corrected chi connectivity index (χ0v) is 15.5. The number of carbonyl (C=O) groups is 1. The summed E-state index contributed by atoms with van der Waals surface area (Å²) in [7, 11) is 1.92. The number of rotatable bonds is 3. The van der Waals surface area contributed by atoms with E-state index in [2.05, 4.69) is 10.2 Å². The summed E-state index contributed by atoms with van der Waals surface area (Å²) in [6.07, 6.45) is 9.08. The van der Waals surface area contributed by atoms with E-state index in [1.165, 1.54) is 6.42 Å². The molecule has 0 aromatic carbocycles. The molecule has 0 spiro atoms. The van der Waals surface area contributed by atoms with Gasteiger partial charge >= 0.3 is 0 Å². The lowest BCUT2D eigenvalue weighted by Crippen LogP contribution is -2.30. The Labute approximate surface area is 157 Å². The van der Waals surface area contributed by atoms with Crippen molar-refractivity contribution in [3.8, 4) is 0 Å². The van der Waals surface area contributed by atoms with Gasteiger partial charge in [-0.2, -0.15) is 10.2 Å². The van der Waals surface area contributed by atoms with Crippen LogP contribution in [0.2, 0.25) is 0 Å². The Hall–Kier alpha value is -2.61. The fourth-order valence-electron chi connectivity index (χ4n) is 4.17. The predicted octanol–water partition coefficient (Wildman–Crippen LogP) is 1.75. The highest BCUT2D eigenvalue weighted by Crippen LogP contribution is 2.37. The SMILES string of the molecule is Cn1ccn2ncc(C(=O)N3CCCn4nc([C@H](O)C5CCC5)cc4C3)c12. The molecule has 1 aliphatic heterocycles. The summed E-state index contributed by atoms with van der Waals surface area (Å²) in [5.41, 5.74) is 3.16. The average molecular weight is 368 g/mol. The van der Waals surface area contributed by atoms with E-state index >= 15 is 0 Å². The largest absolute Gasteiger partial charge is 0.386 e. The number of amides is 1. The fraction of sp³-hybridized carbons (Fsp3) is 0.526. The molecule has 1 saturated carbocycles. The normalized spacial score (nSPS) is 19.0. The maximum atomic E-state index is 13.2. The van der Waals surface area contributed by atoms with Crippen LogP contribution in [0.1, 0.15) is 53.5 Å². The summed E-state index contributed by atoms with van der Waals surface area (Å²) in [4.78, 5) is 15.0. The monoisotopic (exact) mass is 368 g/mol. The van der Waals surface area contributed by atoms with Gasteiger partial charge in [0.1, 0.15) is 17.3 Å². The lowest BCUT2D eigenvalue weighted by molar-refractivity contribution is 0.0580. The number of imidazole rings is 1. The third-order valence-corrected chi connectivity index (χ3v) is 5.98. The van der Waals surface area contributed by atoms with E-state index < -0.39 is 6.10 Å². The third-order valence-electron chi connectivity index (χ3n) is 5.98. The number of aliphatic hydroxyl groups excluding tert-OH is 1. The van der Waals surface area contributed by atoms with Crippen molar-refractivity contribution < 1.29 is 9.90 Å². The quantitative estimate of drug-likeness (QED) is 0.764. The molecule has 1 fully saturated rings. The summed E-state index contributed by atoms with van der Waals surface area (Å²) in [5, 5.41) is 19.5. The minimum Gasteiger partial charge on any atom is -0.386 e. The van der Waals surface area contributed by atoms with Crippen molar-refractivity contribution in [3.05, 3.63) is 41.6 Å². The van der Waals surface area contributed by atoms with Gasteiger partial charge in [0.2, 0.25) is 0 Å². The van der Waals surface area contributed by atoms with Crippen LogP contribution in [-0.2, 0) is 20.1 Å². The van der Waals surface area contributed by atoms with Gasteiger partial charge in [-0.3, -0.25) is 9.48 Å². The Balaban J connectivity index is 1.41. The summed E-state index contributed by atoms with van der Waals surface area (Å²) in [6.45, 7) is 1.96. The molecular weight excluding hydrogens is 344 g/mol. The van der Waals surface area contributed by atoms with Crippen molar-refractivity contribution in [3.63, 3.8) is 0 Å². The van der Waals surface area contributed by atoms with Crippen LogP contribution >= 0.6 is 0 Å². The van der Waals surface area contributed by atoms with E-state index in [1.54, 1.807) is 10.7 Å². The lowest BCUT2D eigenvalue weighted by Gasteiger charge is -2.29. The Bertz CT molecular complexity index is 995. The van der Waals surface area contributed by atoms with Gasteiger partial charge < -0.3 is 14.6 Å². The topological polar surface area (TPSA) is 80.6 Å². The molecule has 3 aromatic rings. The number of aryl methyl sites for hydroxylation is 2. The molecule has 0 bridgehead atoms. The maximum absolute atomic E-state index is 13.2. The molecular formula is C19H24N6O2. The van der Waals surface area contributed by atoms with Crippen LogP contribution in [0.15, 0.2) is 24.7 Å². The second kappa shape index (κ2) is 6.23. The molecule has 142 valence electrons. The molecule has 0 saturated heterocycles. The molecule has 5 rings (SSSR count). The first-order chi connectivity index (χ1) is 13.1. The maximum Gasteiger partial charge on any atom is 0.259 e. The van der Waals surface area contributed by atoms with E-state index in [4.69, 9.17) is 0 Å². The molecule has 0 radical (unpaired) electrons. The number of aromatic nitrogens is 5. The predicted molar refractivity (Wildman–Crippen MR) is 98.0 cm³/mol. The first kappa shape index (κ1) is 16.6. The summed E-state index contributed by atoms with van der Waals surface area (Å²) < 4.78 is 5.60. The van der Waals surface area contributed by atoms with Gasteiger partial charge in [0.25, 0.3) is 5.91 Å². The average Bonchev–Trinajstić information content (AvgIpc) is 3.26. The van der Waals surface area contributed by atoms with Gasteiger partial charge in [-0.1, -0.05) is 6.42 Å². The molecule has 1 aliphatic carbocycles. The summed E-state index contributed by atoms with van der Waals surface area (Å²) >= 11 is 0. The van der Waals surface area contributed by atoms with Crippen molar-refractivity contribution in [2.75, 3.05) is 6.54 Å². The van der Waals surface area contributed by atoms with Gasteiger partial charge in [-0.15, -0.1) is 0 Å². The van der Waals surface area contributed by atoms with E-state index in [0.717, 1.165) is 42.8 Å². The van der Waals surface area contributed by atoms with Gasteiger partial charge in [0, 0.05) is 32.5 Å². The van der Waals surface area contributed by atoms with Crippen LogP contribution in [-0.4, -0.2) is 46.4 Å². The number of hydrogen-bond donors (Lipinski definition) is 1. The third kappa shape index (κ3) is 2.66. The van der Waals surface area contributed by atoms with Crippen molar-refractivity contribution in [1.82, 2.24) is 28.9 Å². The Morgan fingerprint density at radius 3 is 2.89 bits per heavy atom. The van der Waals surface area contributed by atoms with Gasteiger partial charge in [0.05, 0.1) is 24.1 Å². The number of nitrogens with zero attached hydrogens (tertiary/aromatic N) is 6. The highest BCUT2D eigenvalue weighted by Gasteiger charge is 2.30. The number of hydrogen-bond acceptors (Lipinski definition) is 4. The lowest BCUT2D eigenvalue weighted by atomic mass is 9.80. The number of carbonyl (C=O) groups excluding carboxylic acids is 1. The molecule has 27 heavy (non-hydrogen) atoms. The fourth-order valence-corrected chi connectivity index (χ4v) is 4.17. The minimum absolute atomic E-state index is 0.0115. The molecule has 1 atom stereocenters. The van der Waals surface area contributed by atoms with E-state index in [9.17, 15) is 9.90 Å². The molecule has 1 N–H and O–H groups in total. The van der Waals surface area contributed by atoms with E-state index in [-0.39, 0.29) is 5.91 Å². The molecule has 2 aliphatic rings. The molecule has 3 aromatic heterocycles. The molecule has 4 heterocycles. The zero-order valence-electron chi connectivity index (χ0n) is 15.5. The Morgan fingerprint density at radius 1 is 1.26 bits per heavy atom. The smallest absolute Gasteiger partial charge is 0.259 e. The second-order valence-corrected chi connectivity index (χ2v) is 7.74. The molecule has 8 heteroatoms. The van der Waals surface area contributed by atoms with E-state index in [0.29, 0.717) is 24.6 Å². The van der Waals surface area contributed by atoms with Gasteiger partial charge in [0.15, 0.2) is 0 Å². The van der Waals surface area contributed by atoms with Crippen molar-refractivity contribution in [2.24, 2.45) is 13.0 Å². The molecule has 8 nitrogen and oxygen atoms in total. The Morgan fingerprint density at radius 2 is 2.11 bits per heavy atom. The standard InChI is InChI=1S/C19H24N6O2/c1-22-8-9-25-18(22)15(11-20-25)19(27)23-6-3-7-24-14(12-23)10-16(21-24)17(26)13-4-2-5-13/h8-11,13,17,26H,2-7,12H2,1H3/t17-/m1/s1. The first-order valence-electron chi connectivity index (χ1n) is 9.64. The Kier molecular flexibility index (Phi) is 3.82. The minimum atomic E-state index is -0.485. The van der Waals surface area contributed by atoms with Gasteiger partial charge in [-0.25, -0.2) is 4.52 Å². The number of aliphatic hydroxyl groups is 1. The van der Waals surface area contributed by atoms with Crippen LogP contribution in [0.4, 0.5) is 0 Å². The molecule has 1 amide bonds. The van der Waals surface area contributed by atoms with Crippen LogP contribution < -0.4 is 0 Å². The van der Waals surface area contributed by atoms with E-state index in [1.807, 2.05) is 39.7 Å². The second-order valence-electron chi connectivity index (χ2n) is 7.74. The first-order valence-corrected chi connectivity index (χ1v) is 9.64. The highest BCUT2D eigenvalue weighted by atomic mass is 16.3. The summed E-state index contributed by atoms with van der Waals surface area (Å²) in [6, 6.07) is 1.98. The van der Waals surface area contributed by atoms with Crippen molar-refractivity contribution in [1.29, 1.82) is 0 Å². The van der Waals surface area contributed by atoms with Crippen molar-refractivity contribution in [2.45, 2.75) is 44.9 Å². The van der Waals surface area contributed by atoms with Crippen LogP contribution in [0.3, 0.4) is 0 Å². The van der Waals surface area contributed by atoms with Crippen LogP contribution in [0, 0.1) is 5.92 Å². The molecule has 0 unspecified atom stereocenters. The summed E-state index contributed by atoms with van der Waals surface area (Å²) in [5.74, 6) is 0.322.